The summed E-state index contributed by atoms with van der Waals surface area (Å²) in [7, 11) is -0.374. The van der Waals surface area contributed by atoms with Crippen molar-refractivity contribution in [2.24, 2.45) is 0 Å². The second-order valence-electron chi connectivity index (χ2n) is 6.69. The van der Waals surface area contributed by atoms with Crippen LogP contribution in [0.25, 0.3) is 44.2 Å². The van der Waals surface area contributed by atoms with Crippen molar-refractivity contribution < 1.29 is 9.68 Å². The van der Waals surface area contributed by atoms with E-state index < -0.39 is 0 Å². The second-order valence-corrected chi connectivity index (χ2v) is 6.69. The lowest BCUT2D eigenvalue weighted by Crippen LogP contribution is -2.02. The molecule has 0 radical (unpaired) electrons. The van der Waals surface area contributed by atoms with Crippen LogP contribution in [0.4, 0.5) is 0 Å². The Hall–Kier alpha value is -3.70. The molecule has 0 amide bonds. The molecule has 0 fully saturated rings. The highest BCUT2D eigenvalue weighted by molar-refractivity contribution is 6.22. The van der Waals surface area contributed by atoms with Gasteiger partial charge in [-0.05, 0) is 35.0 Å². The smallest absolute Gasteiger partial charge is 0.504 e. The van der Waals surface area contributed by atoms with Crippen molar-refractivity contribution in [3.63, 3.8) is 0 Å². The number of aromatic nitrogens is 2. The van der Waals surface area contributed by atoms with Gasteiger partial charge in [0.1, 0.15) is 5.75 Å². The molecule has 0 spiro atoms. The molecule has 2 aromatic heterocycles. The molecule has 138 valence electrons. The minimum Gasteiger partial charge on any atom is -0.538 e. The van der Waals surface area contributed by atoms with Crippen molar-refractivity contribution in [3.8, 4) is 28.4 Å². The largest absolute Gasteiger partial charge is 0.538 e. The SMILES string of the molecule is OBOc1c2ccccc2c(-c2cccc(-c3ccccn3)n2)c2ccccc12. The number of hydrogen-bond acceptors (Lipinski definition) is 4. The Kier molecular flexibility index (Phi) is 4.43. The van der Waals surface area contributed by atoms with Crippen LogP contribution >= 0.6 is 0 Å². The van der Waals surface area contributed by atoms with Gasteiger partial charge in [0.25, 0.3) is 0 Å². The van der Waals surface area contributed by atoms with Gasteiger partial charge in [0, 0.05) is 22.5 Å². The summed E-state index contributed by atoms with van der Waals surface area (Å²) in [5, 5.41) is 13.4. The summed E-state index contributed by atoms with van der Waals surface area (Å²) in [6.07, 6.45) is 1.77. The van der Waals surface area contributed by atoms with Gasteiger partial charge in [-0.1, -0.05) is 60.7 Å². The Morgan fingerprint density at radius 2 is 1.21 bits per heavy atom. The molecule has 5 rings (SSSR count). The van der Waals surface area contributed by atoms with Gasteiger partial charge in [0.2, 0.25) is 0 Å². The van der Waals surface area contributed by atoms with Crippen molar-refractivity contribution >= 4 is 29.2 Å². The highest BCUT2D eigenvalue weighted by Crippen LogP contribution is 2.42. The summed E-state index contributed by atoms with van der Waals surface area (Å²) in [5.41, 5.74) is 3.57. The van der Waals surface area contributed by atoms with Gasteiger partial charge in [-0.25, -0.2) is 4.98 Å². The van der Waals surface area contributed by atoms with Crippen LogP contribution in [-0.4, -0.2) is 22.7 Å². The zero-order valence-corrected chi connectivity index (χ0v) is 15.6. The summed E-state index contributed by atoms with van der Waals surface area (Å²) < 4.78 is 5.64. The van der Waals surface area contributed by atoms with Gasteiger partial charge in [-0.2, -0.15) is 0 Å². The Bertz CT molecular complexity index is 1270. The summed E-state index contributed by atoms with van der Waals surface area (Å²) in [4.78, 5) is 9.37. The molecule has 29 heavy (non-hydrogen) atoms. The van der Waals surface area contributed by atoms with Gasteiger partial charge in [0.15, 0.2) is 0 Å². The van der Waals surface area contributed by atoms with E-state index in [4.69, 9.17) is 9.64 Å². The van der Waals surface area contributed by atoms with E-state index in [1.165, 1.54) is 0 Å². The maximum Gasteiger partial charge on any atom is 0.504 e. The third-order valence-corrected chi connectivity index (χ3v) is 5.02. The van der Waals surface area contributed by atoms with Crippen LogP contribution in [0.5, 0.6) is 5.75 Å². The molecule has 1 N–H and O–H groups in total. The summed E-state index contributed by atoms with van der Waals surface area (Å²) >= 11 is 0. The van der Waals surface area contributed by atoms with E-state index in [0.717, 1.165) is 44.2 Å². The molecule has 0 bridgehead atoms. The minimum absolute atomic E-state index is 0.374. The fourth-order valence-electron chi connectivity index (χ4n) is 3.82. The van der Waals surface area contributed by atoms with E-state index in [-0.39, 0.29) is 7.69 Å². The predicted molar refractivity (Wildman–Crippen MR) is 118 cm³/mol. The maximum atomic E-state index is 9.45. The zero-order chi connectivity index (χ0) is 19.6. The first-order valence-electron chi connectivity index (χ1n) is 9.43. The van der Waals surface area contributed by atoms with Crippen LogP contribution in [0.3, 0.4) is 0 Å². The average molecular weight is 376 g/mol. The predicted octanol–water partition coefficient (Wildman–Crippen LogP) is 4.75. The molecule has 3 aromatic carbocycles. The molecule has 0 saturated carbocycles. The number of benzene rings is 3. The van der Waals surface area contributed by atoms with Crippen molar-refractivity contribution in [2.45, 2.75) is 0 Å². The molecule has 0 atom stereocenters. The Balaban J connectivity index is 1.85. The molecule has 0 unspecified atom stereocenters. The van der Waals surface area contributed by atoms with Gasteiger partial charge in [-0.3, -0.25) is 4.98 Å². The highest BCUT2D eigenvalue weighted by Gasteiger charge is 2.17. The minimum atomic E-state index is -0.374. The molecule has 4 nitrogen and oxygen atoms in total. The number of rotatable bonds is 4. The molecule has 0 saturated heterocycles. The molecule has 2 heterocycles. The maximum absolute atomic E-state index is 9.45. The molecule has 0 aliphatic rings. The molecule has 0 aliphatic heterocycles. The van der Waals surface area contributed by atoms with Crippen LogP contribution in [0.15, 0.2) is 91.1 Å². The Morgan fingerprint density at radius 1 is 0.621 bits per heavy atom. The fraction of sp³-hybridized carbons (Fsp3) is 0. The van der Waals surface area contributed by atoms with E-state index in [9.17, 15) is 5.02 Å². The lowest BCUT2D eigenvalue weighted by atomic mass is 9.93. The summed E-state index contributed by atoms with van der Waals surface area (Å²) in [5.74, 6) is 0.684. The first-order valence-corrected chi connectivity index (χ1v) is 9.43. The molecule has 5 heteroatoms. The monoisotopic (exact) mass is 376 g/mol. The first kappa shape index (κ1) is 17.4. The third kappa shape index (κ3) is 3.02. The van der Waals surface area contributed by atoms with E-state index in [2.05, 4.69) is 17.1 Å². The van der Waals surface area contributed by atoms with Crippen molar-refractivity contribution in [3.05, 3.63) is 91.1 Å². The van der Waals surface area contributed by atoms with Crippen LogP contribution in [0, 0.1) is 0 Å². The first-order chi connectivity index (χ1) is 14.4. The second kappa shape index (κ2) is 7.38. The van der Waals surface area contributed by atoms with E-state index >= 15 is 0 Å². The molecule has 0 aliphatic carbocycles. The van der Waals surface area contributed by atoms with Crippen LogP contribution < -0.4 is 4.65 Å². The topological polar surface area (TPSA) is 55.2 Å². The third-order valence-electron chi connectivity index (χ3n) is 5.02. The van der Waals surface area contributed by atoms with E-state index in [1.807, 2.05) is 72.8 Å². The molecule has 5 aromatic rings. The summed E-state index contributed by atoms with van der Waals surface area (Å²) in [6, 6.07) is 27.9. The highest BCUT2D eigenvalue weighted by atomic mass is 16.5. The standard InChI is InChI=1S/C24H17BN2O2/c28-25-29-24-18-10-3-1-8-16(18)23(17-9-2-4-11-19(17)24)22-14-7-13-21(27-22)20-12-5-6-15-26-20/h1-15,25,28H. The van der Waals surface area contributed by atoms with Crippen LogP contribution in [0.2, 0.25) is 0 Å². The molecular weight excluding hydrogens is 359 g/mol. The number of hydrogen-bond donors (Lipinski definition) is 1. The normalized spacial score (nSPS) is 10.9. The van der Waals surface area contributed by atoms with Gasteiger partial charge >= 0.3 is 7.69 Å². The zero-order valence-electron chi connectivity index (χ0n) is 15.6. The number of pyridine rings is 2. The summed E-state index contributed by atoms with van der Waals surface area (Å²) in [6.45, 7) is 0. The Morgan fingerprint density at radius 3 is 1.83 bits per heavy atom. The Labute approximate surface area is 168 Å². The lowest BCUT2D eigenvalue weighted by Gasteiger charge is -2.17. The van der Waals surface area contributed by atoms with Crippen molar-refractivity contribution in [1.29, 1.82) is 0 Å². The average Bonchev–Trinajstić information content (AvgIpc) is 2.80. The lowest BCUT2D eigenvalue weighted by molar-refractivity contribution is 0.459. The fourth-order valence-corrected chi connectivity index (χ4v) is 3.82. The van der Waals surface area contributed by atoms with Gasteiger partial charge < -0.3 is 9.68 Å². The number of nitrogens with zero attached hydrogens (tertiary/aromatic N) is 2. The van der Waals surface area contributed by atoms with E-state index in [1.54, 1.807) is 6.20 Å². The van der Waals surface area contributed by atoms with Crippen LogP contribution in [0.1, 0.15) is 0 Å². The van der Waals surface area contributed by atoms with Crippen molar-refractivity contribution in [1.82, 2.24) is 9.97 Å². The molecular formula is C24H17BN2O2. The quantitative estimate of drug-likeness (QED) is 0.363. The van der Waals surface area contributed by atoms with E-state index in [0.29, 0.717) is 5.75 Å². The van der Waals surface area contributed by atoms with Gasteiger partial charge in [0.05, 0.1) is 17.1 Å². The van der Waals surface area contributed by atoms with Gasteiger partial charge in [-0.15, -0.1) is 0 Å². The number of fused-ring (bicyclic) bond motifs is 2. The van der Waals surface area contributed by atoms with Crippen molar-refractivity contribution in [2.75, 3.05) is 0 Å². The van der Waals surface area contributed by atoms with Crippen LogP contribution in [-0.2, 0) is 0 Å².